The van der Waals surface area contributed by atoms with E-state index in [1.807, 2.05) is 23.1 Å². The first-order valence-electron chi connectivity index (χ1n) is 6.72. The lowest BCUT2D eigenvalue weighted by Crippen LogP contribution is -3.12. The van der Waals surface area contributed by atoms with E-state index in [2.05, 4.69) is 12.0 Å². The van der Waals surface area contributed by atoms with Gasteiger partial charge in [-0.25, -0.2) is 4.98 Å². The van der Waals surface area contributed by atoms with Crippen molar-refractivity contribution < 1.29 is 14.4 Å². The third kappa shape index (κ3) is 2.48. The SMILES string of the molecule is COc1ccc2nc(C(=O)N3CC[NH+](C)CC3)sc2c1. The Kier molecular flexibility index (Phi) is 3.58. The minimum absolute atomic E-state index is 0.0534. The average Bonchev–Trinajstić information content (AvgIpc) is 2.90. The van der Waals surface area contributed by atoms with Crippen molar-refractivity contribution in [2.24, 2.45) is 0 Å². The van der Waals surface area contributed by atoms with Crippen LogP contribution in [0.3, 0.4) is 0 Å². The summed E-state index contributed by atoms with van der Waals surface area (Å²) in [4.78, 5) is 20.3. The monoisotopic (exact) mass is 292 g/mol. The second kappa shape index (κ2) is 5.38. The van der Waals surface area contributed by atoms with Gasteiger partial charge in [0.1, 0.15) is 5.75 Å². The number of hydrogen-bond donors (Lipinski definition) is 1. The molecule has 5 nitrogen and oxygen atoms in total. The van der Waals surface area contributed by atoms with Crippen LogP contribution in [0.4, 0.5) is 0 Å². The maximum Gasteiger partial charge on any atom is 0.283 e. The fourth-order valence-electron chi connectivity index (χ4n) is 2.35. The fraction of sp³-hybridized carbons (Fsp3) is 0.429. The molecule has 0 bridgehead atoms. The summed E-state index contributed by atoms with van der Waals surface area (Å²) in [5.74, 6) is 0.848. The number of ether oxygens (including phenoxy) is 1. The summed E-state index contributed by atoms with van der Waals surface area (Å²) in [7, 11) is 3.80. The van der Waals surface area contributed by atoms with Crippen molar-refractivity contribution in [3.63, 3.8) is 0 Å². The summed E-state index contributed by atoms with van der Waals surface area (Å²) in [6.45, 7) is 3.63. The van der Waals surface area contributed by atoms with E-state index >= 15 is 0 Å². The molecule has 0 atom stereocenters. The van der Waals surface area contributed by atoms with Crippen LogP contribution >= 0.6 is 11.3 Å². The van der Waals surface area contributed by atoms with Crippen molar-refractivity contribution in [2.75, 3.05) is 40.3 Å². The van der Waals surface area contributed by atoms with E-state index in [9.17, 15) is 4.79 Å². The number of carbonyl (C=O) groups excluding carboxylic acids is 1. The van der Waals surface area contributed by atoms with E-state index in [1.54, 1.807) is 7.11 Å². The van der Waals surface area contributed by atoms with Gasteiger partial charge in [-0.05, 0) is 18.2 Å². The Hall–Kier alpha value is -1.66. The van der Waals surface area contributed by atoms with E-state index in [0.717, 1.165) is 42.1 Å². The standard InChI is InChI=1S/C14H17N3O2S/c1-16-5-7-17(8-6-16)14(18)13-15-11-4-3-10(19-2)9-12(11)20-13/h3-4,9H,5-8H2,1-2H3/p+1. The third-order valence-corrected chi connectivity index (χ3v) is 4.69. The maximum absolute atomic E-state index is 12.5. The molecule has 0 aliphatic carbocycles. The Labute approximate surface area is 121 Å². The molecule has 20 heavy (non-hydrogen) atoms. The maximum atomic E-state index is 12.5. The number of nitrogens with zero attached hydrogens (tertiary/aromatic N) is 2. The zero-order valence-electron chi connectivity index (χ0n) is 11.7. The molecule has 1 N–H and O–H groups in total. The number of piperazine rings is 1. The highest BCUT2D eigenvalue weighted by Gasteiger charge is 2.24. The molecule has 0 radical (unpaired) electrons. The van der Waals surface area contributed by atoms with Crippen LogP contribution in [-0.2, 0) is 0 Å². The zero-order valence-corrected chi connectivity index (χ0v) is 12.5. The zero-order chi connectivity index (χ0) is 14.1. The Bertz CT molecular complexity index is 632. The number of nitrogens with one attached hydrogen (secondary N) is 1. The van der Waals surface area contributed by atoms with Gasteiger partial charge in [-0.3, -0.25) is 4.79 Å². The number of fused-ring (bicyclic) bond motifs is 1. The van der Waals surface area contributed by atoms with E-state index in [1.165, 1.54) is 16.2 Å². The number of hydrogen-bond acceptors (Lipinski definition) is 4. The Morgan fingerprint density at radius 1 is 1.40 bits per heavy atom. The van der Waals surface area contributed by atoms with Gasteiger partial charge in [0.25, 0.3) is 5.91 Å². The summed E-state index contributed by atoms with van der Waals surface area (Å²) >= 11 is 1.44. The molecule has 1 aromatic heterocycles. The molecular weight excluding hydrogens is 274 g/mol. The van der Waals surface area contributed by atoms with Crippen LogP contribution in [0.1, 0.15) is 9.80 Å². The first kappa shape index (κ1) is 13.3. The lowest BCUT2D eigenvalue weighted by atomic mass is 10.3. The van der Waals surface area contributed by atoms with Gasteiger partial charge in [0, 0.05) is 0 Å². The first-order chi connectivity index (χ1) is 9.67. The molecule has 3 rings (SSSR count). The highest BCUT2D eigenvalue weighted by molar-refractivity contribution is 7.20. The third-order valence-electron chi connectivity index (χ3n) is 3.68. The molecule has 1 aliphatic heterocycles. The van der Waals surface area contributed by atoms with Crippen LogP contribution in [-0.4, -0.2) is 56.1 Å². The number of amides is 1. The van der Waals surface area contributed by atoms with E-state index in [4.69, 9.17) is 4.74 Å². The van der Waals surface area contributed by atoms with Crippen molar-refractivity contribution in [1.29, 1.82) is 0 Å². The Morgan fingerprint density at radius 2 is 2.15 bits per heavy atom. The minimum atomic E-state index is 0.0534. The number of likely N-dealkylation sites (N-methyl/N-ethyl adjacent to an activating group) is 1. The summed E-state index contributed by atoms with van der Waals surface area (Å²) < 4.78 is 6.19. The summed E-state index contributed by atoms with van der Waals surface area (Å²) in [5, 5.41) is 0.577. The van der Waals surface area contributed by atoms with Crippen molar-refractivity contribution in [2.45, 2.75) is 0 Å². The Morgan fingerprint density at radius 3 is 2.85 bits per heavy atom. The molecule has 0 unspecified atom stereocenters. The molecule has 0 saturated carbocycles. The average molecular weight is 292 g/mol. The number of rotatable bonds is 2. The molecule has 1 saturated heterocycles. The number of methoxy groups -OCH3 is 1. The molecule has 0 spiro atoms. The molecule has 2 aromatic rings. The van der Waals surface area contributed by atoms with E-state index in [0.29, 0.717) is 5.01 Å². The van der Waals surface area contributed by atoms with Gasteiger partial charge in [-0.2, -0.15) is 0 Å². The van der Waals surface area contributed by atoms with Crippen LogP contribution in [0.2, 0.25) is 0 Å². The summed E-state index contributed by atoms with van der Waals surface area (Å²) in [6.07, 6.45) is 0. The molecule has 1 amide bonds. The van der Waals surface area contributed by atoms with Crippen molar-refractivity contribution in [1.82, 2.24) is 9.88 Å². The van der Waals surface area contributed by atoms with Crippen LogP contribution < -0.4 is 9.64 Å². The first-order valence-corrected chi connectivity index (χ1v) is 7.54. The van der Waals surface area contributed by atoms with Crippen LogP contribution in [0.15, 0.2) is 18.2 Å². The van der Waals surface area contributed by atoms with Gasteiger partial charge in [-0.15, -0.1) is 11.3 Å². The lowest BCUT2D eigenvalue weighted by molar-refractivity contribution is -0.883. The van der Waals surface area contributed by atoms with Gasteiger partial charge in [-0.1, -0.05) is 0 Å². The number of quaternary nitrogens is 1. The van der Waals surface area contributed by atoms with Gasteiger partial charge < -0.3 is 14.5 Å². The molecule has 1 aliphatic rings. The quantitative estimate of drug-likeness (QED) is 0.864. The molecule has 2 heterocycles. The van der Waals surface area contributed by atoms with Crippen LogP contribution in [0, 0.1) is 0 Å². The highest BCUT2D eigenvalue weighted by atomic mass is 32.1. The highest BCUT2D eigenvalue weighted by Crippen LogP contribution is 2.26. The van der Waals surface area contributed by atoms with E-state index in [-0.39, 0.29) is 5.91 Å². The van der Waals surface area contributed by atoms with E-state index < -0.39 is 0 Å². The number of aromatic nitrogens is 1. The normalized spacial score (nSPS) is 16.6. The van der Waals surface area contributed by atoms with Crippen LogP contribution in [0.25, 0.3) is 10.2 Å². The molecule has 106 valence electrons. The van der Waals surface area contributed by atoms with Gasteiger partial charge in [0.15, 0.2) is 5.01 Å². The molecular formula is C14H18N3O2S+. The molecule has 6 heteroatoms. The van der Waals surface area contributed by atoms with Crippen molar-refractivity contribution >= 4 is 27.5 Å². The second-order valence-electron chi connectivity index (χ2n) is 5.10. The fourth-order valence-corrected chi connectivity index (χ4v) is 3.31. The number of benzene rings is 1. The van der Waals surface area contributed by atoms with Crippen molar-refractivity contribution in [3.05, 3.63) is 23.2 Å². The smallest absolute Gasteiger partial charge is 0.283 e. The van der Waals surface area contributed by atoms with Gasteiger partial charge in [0.05, 0.1) is 50.6 Å². The predicted molar refractivity (Wildman–Crippen MR) is 78.7 cm³/mol. The molecule has 1 fully saturated rings. The summed E-state index contributed by atoms with van der Waals surface area (Å²) in [5.41, 5.74) is 0.860. The second-order valence-corrected chi connectivity index (χ2v) is 6.13. The minimum Gasteiger partial charge on any atom is -0.497 e. The Balaban J connectivity index is 1.84. The summed E-state index contributed by atoms with van der Waals surface area (Å²) in [6, 6.07) is 5.70. The number of thiazole rings is 1. The lowest BCUT2D eigenvalue weighted by Gasteiger charge is -2.29. The topological polar surface area (TPSA) is 46.9 Å². The van der Waals surface area contributed by atoms with Gasteiger partial charge in [0.2, 0.25) is 0 Å². The van der Waals surface area contributed by atoms with Crippen LogP contribution in [0.5, 0.6) is 5.75 Å². The largest absolute Gasteiger partial charge is 0.497 e. The van der Waals surface area contributed by atoms with Gasteiger partial charge >= 0.3 is 0 Å². The number of carbonyl (C=O) groups is 1. The molecule has 1 aromatic carbocycles. The predicted octanol–water partition coefficient (Wildman–Crippen LogP) is 0.275. The van der Waals surface area contributed by atoms with Crippen molar-refractivity contribution in [3.8, 4) is 5.75 Å².